The van der Waals surface area contributed by atoms with Gasteiger partial charge in [-0.15, -0.1) is 0 Å². The summed E-state index contributed by atoms with van der Waals surface area (Å²) in [5, 5.41) is 3.06. The minimum absolute atomic E-state index is 0.177. The lowest BCUT2D eigenvalue weighted by atomic mass is 9.99. The van der Waals surface area contributed by atoms with E-state index in [-0.39, 0.29) is 11.9 Å². The molecule has 1 amide bonds. The van der Waals surface area contributed by atoms with E-state index in [9.17, 15) is 4.79 Å². The Bertz CT molecular complexity index is 194. The molecule has 0 spiro atoms. The highest BCUT2D eigenvalue weighted by Gasteiger charge is 2.13. The molecule has 0 saturated heterocycles. The average Bonchev–Trinajstić information content (AvgIpc) is 2.25. The molecule has 3 nitrogen and oxygen atoms in total. The van der Waals surface area contributed by atoms with Crippen LogP contribution in [0, 0.1) is 11.8 Å². The van der Waals surface area contributed by atoms with Gasteiger partial charge in [-0.1, -0.05) is 27.2 Å². The van der Waals surface area contributed by atoms with Gasteiger partial charge in [-0.2, -0.15) is 0 Å². The van der Waals surface area contributed by atoms with E-state index in [0.29, 0.717) is 24.8 Å². The molecule has 0 heterocycles. The van der Waals surface area contributed by atoms with Gasteiger partial charge in [0.05, 0.1) is 0 Å². The van der Waals surface area contributed by atoms with Gasteiger partial charge in [-0.3, -0.25) is 4.79 Å². The molecule has 0 aromatic carbocycles. The number of rotatable bonds is 8. The van der Waals surface area contributed by atoms with Crippen LogP contribution in [0.5, 0.6) is 0 Å². The summed E-state index contributed by atoms with van der Waals surface area (Å²) in [5.41, 5.74) is 5.47. The maximum absolute atomic E-state index is 11.6. The zero-order valence-corrected chi connectivity index (χ0v) is 11.3. The first kappa shape index (κ1) is 15.4. The Balaban J connectivity index is 3.73. The third kappa shape index (κ3) is 6.83. The maximum Gasteiger partial charge on any atom is 0.220 e. The molecule has 3 unspecified atom stereocenters. The Hall–Kier alpha value is -0.570. The number of nitrogens with two attached hydrogens (primary N) is 1. The van der Waals surface area contributed by atoms with Crippen LogP contribution in [0.3, 0.4) is 0 Å². The number of carbonyl (C=O) groups excluding carboxylic acids is 1. The van der Waals surface area contributed by atoms with E-state index in [1.807, 2.05) is 0 Å². The predicted octanol–water partition coefficient (Wildman–Crippen LogP) is 2.30. The Morgan fingerprint density at radius 1 is 1.25 bits per heavy atom. The van der Waals surface area contributed by atoms with Crippen molar-refractivity contribution in [3.63, 3.8) is 0 Å². The summed E-state index contributed by atoms with van der Waals surface area (Å²) in [4.78, 5) is 11.6. The van der Waals surface area contributed by atoms with Gasteiger partial charge in [-0.25, -0.2) is 0 Å². The van der Waals surface area contributed by atoms with Crippen molar-refractivity contribution >= 4 is 5.91 Å². The van der Waals surface area contributed by atoms with Crippen molar-refractivity contribution < 1.29 is 4.79 Å². The van der Waals surface area contributed by atoms with E-state index in [4.69, 9.17) is 5.73 Å². The molecule has 0 aromatic rings. The fourth-order valence-electron chi connectivity index (χ4n) is 1.63. The van der Waals surface area contributed by atoms with E-state index < -0.39 is 0 Å². The molecule has 0 radical (unpaired) electrons. The molecule has 0 aliphatic carbocycles. The number of carbonyl (C=O) groups is 1. The quantitative estimate of drug-likeness (QED) is 0.670. The minimum atomic E-state index is 0.177. The zero-order valence-electron chi connectivity index (χ0n) is 11.3. The summed E-state index contributed by atoms with van der Waals surface area (Å²) in [6.45, 7) is 9.26. The molecule has 0 fully saturated rings. The van der Waals surface area contributed by atoms with Crippen LogP contribution in [0.1, 0.15) is 53.4 Å². The molecule has 0 aliphatic rings. The summed E-state index contributed by atoms with van der Waals surface area (Å²) in [7, 11) is 0. The zero-order chi connectivity index (χ0) is 12.6. The summed E-state index contributed by atoms with van der Waals surface area (Å²) < 4.78 is 0. The van der Waals surface area contributed by atoms with Gasteiger partial charge in [0.25, 0.3) is 0 Å². The van der Waals surface area contributed by atoms with Gasteiger partial charge in [-0.05, 0) is 38.1 Å². The first-order chi connectivity index (χ1) is 7.51. The van der Waals surface area contributed by atoms with Crippen molar-refractivity contribution in [2.24, 2.45) is 17.6 Å². The smallest absolute Gasteiger partial charge is 0.220 e. The van der Waals surface area contributed by atoms with Crippen molar-refractivity contribution in [2.75, 3.05) is 6.54 Å². The molecule has 96 valence electrons. The molecule has 0 saturated carbocycles. The third-order valence-corrected chi connectivity index (χ3v) is 3.41. The topological polar surface area (TPSA) is 55.1 Å². The second-order valence-corrected chi connectivity index (χ2v) is 4.96. The second kappa shape index (κ2) is 8.57. The molecule has 3 heteroatoms. The van der Waals surface area contributed by atoms with Crippen LogP contribution in [0.2, 0.25) is 0 Å². The molecule has 0 rings (SSSR count). The standard InChI is InChI=1S/C13H28N2O/c1-5-11(3)12(4)15-13(16)7-6-10(2)8-9-14/h10-12H,5-9,14H2,1-4H3,(H,15,16). The lowest BCUT2D eigenvalue weighted by molar-refractivity contribution is -0.122. The number of hydrogen-bond acceptors (Lipinski definition) is 2. The number of amides is 1. The fourth-order valence-corrected chi connectivity index (χ4v) is 1.63. The summed E-state index contributed by atoms with van der Waals surface area (Å²) in [5.74, 6) is 1.27. The Kier molecular flexibility index (Phi) is 8.26. The molecule has 16 heavy (non-hydrogen) atoms. The molecule has 0 aromatic heterocycles. The van der Waals surface area contributed by atoms with E-state index in [0.717, 1.165) is 19.3 Å². The van der Waals surface area contributed by atoms with E-state index in [1.165, 1.54) is 0 Å². The van der Waals surface area contributed by atoms with Crippen LogP contribution in [-0.4, -0.2) is 18.5 Å². The van der Waals surface area contributed by atoms with Crippen LogP contribution < -0.4 is 11.1 Å². The summed E-state index contributed by atoms with van der Waals surface area (Å²) in [6.07, 6.45) is 3.68. The van der Waals surface area contributed by atoms with Crippen LogP contribution in [-0.2, 0) is 4.79 Å². The van der Waals surface area contributed by atoms with Gasteiger partial charge in [0.15, 0.2) is 0 Å². The molecule has 3 atom stereocenters. The van der Waals surface area contributed by atoms with Crippen molar-refractivity contribution in [2.45, 2.75) is 59.4 Å². The average molecular weight is 228 g/mol. The normalized spacial score (nSPS) is 16.6. The molecule has 0 bridgehead atoms. The SMILES string of the molecule is CCC(C)C(C)NC(=O)CCC(C)CCN. The lowest BCUT2D eigenvalue weighted by Crippen LogP contribution is -2.36. The van der Waals surface area contributed by atoms with Crippen LogP contribution >= 0.6 is 0 Å². The second-order valence-electron chi connectivity index (χ2n) is 4.96. The van der Waals surface area contributed by atoms with E-state index >= 15 is 0 Å². The van der Waals surface area contributed by atoms with Crippen LogP contribution in [0.25, 0.3) is 0 Å². The molecular formula is C13H28N2O. The van der Waals surface area contributed by atoms with E-state index in [1.54, 1.807) is 0 Å². The first-order valence-corrected chi connectivity index (χ1v) is 6.50. The lowest BCUT2D eigenvalue weighted by Gasteiger charge is -2.20. The fraction of sp³-hybridized carbons (Fsp3) is 0.923. The summed E-state index contributed by atoms with van der Waals surface area (Å²) in [6, 6.07) is 0.280. The number of hydrogen-bond donors (Lipinski definition) is 2. The monoisotopic (exact) mass is 228 g/mol. The predicted molar refractivity (Wildman–Crippen MR) is 69.1 cm³/mol. The summed E-state index contributed by atoms with van der Waals surface area (Å²) >= 11 is 0. The molecule has 3 N–H and O–H groups in total. The minimum Gasteiger partial charge on any atom is -0.353 e. The van der Waals surface area contributed by atoms with Crippen LogP contribution in [0.4, 0.5) is 0 Å². The van der Waals surface area contributed by atoms with E-state index in [2.05, 4.69) is 33.0 Å². The third-order valence-electron chi connectivity index (χ3n) is 3.41. The molecule has 0 aliphatic heterocycles. The van der Waals surface area contributed by atoms with Crippen LogP contribution in [0.15, 0.2) is 0 Å². The van der Waals surface area contributed by atoms with Crippen molar-refractivity contribution in [1.29, 1.82) is 0 Å². The van der Waals surface area contributed by atoms with Gasteiger partial charge in [0, 0.05) is 12.5 Å². The Morgan fingerprint density at radius 3 is 2.38 bits per heavy atom. The highest BCUT2D eigenvalue weighted by molar-refractivity contribution is 5.76. The Labute approximate surface area is 100 Å². The number of nitrogens with one attached hydrogen (secondary N) is 1. The first-order valence-electron chi connectivity index (χ1n) is 6.50. The van der Waals surface area contributed by atoms with Gasteiger partial charge >= 0.3 is 0 Å². The highest BCUT2D eigenvalue weighted by atomic mass is 16.1. The van der Waals surface area contributed by atoms with Gasteiger partial charge in [0.2, 0.25) is 5.91 Å². The van der Waals surface area contributed by atoms with Crippen molar-refractivity contribution in [1.82, 2.24) is 5.32 Å². The molecular weight excluding hydrogens is 200 g/mol. The largest absolute Gasteiger partial charge is 0.353 e. The highest BCUT2D eigenvalue weighted by Crippen LogP contribution is 2.10. The Morgan fingerprint density at radius 2 is 1.88 bits per heavy atom. The van der Waals surface area contributed by atoms with Gasteiger partial charge < -0.3 is 11.1 Å². The van der Waals surface area contributed by atoms with Crippen molar-refractivity contribution in [3.8, 4) is 0 Å². The van der Waals surface area contributed by atoms with Crippen molar-refractivity contribution in [3.05, 3.63) is 0 Å². The van der Waals surface area contributed by atoms with Gasteiger partial charge in [0.1, 0.15) is 0 Å². The maximum atomic E-state index is 11.6.